The summed E-state index contributed by atoms with van der Waals surface area (Å²) in [4.78, 5) is 15.7. The molecule has 0 aliphatic heterocycles. The van der Waals surface area contributed by atoms with Crippen LogP contribution < -0.4 is 0 Å². The van der Waals surface area contributed by atoms with Crippen LogP contribution in [-0.4, -0.2) is 15.0 Å². The zero-order valence-electron chi connectivity index (χ0n) is 32.5. The molecule has 0 fully saturated rings. The summed E-state index contributed by atoms with van der Waals surface area (Å²) in [7, 11) is 0. The third-order valence-electron chi connectivity index (χ3n) is 11.9. The van der Waals surface area contributed by atoms with Crippen LogP contribution in [0.2, 0.25) is 0 Å². The second-order valence-electron chi connectivity index (χ2n) is 15.5. The van der Waals surface area contributed by atoms with E-state index in [1.165, 1.54) is 20.2 Å². The Bertz CT molecular complexity index is 3910. The van der Waals surface area contributed by atoms with Gasteiger partial charge in [0.15, 0.2) is 17.5 Å². The van der Waals surface area contributed by atoms with E-state index in [4.69, 9.17) is 23.8 Å². The maximum absolute atomic E-state index is 6.82. The van der Waals surface area contributed by atoms with Crippen LogP contribution in [-0.2, 0) is 0 Å². The Morgan fingerprint density at radius 3 is 1.87 bits per heavy atom. The first kappa shape index (κ1) is 34.0. The highest BCUT2D eigenvalue weighted by Gasteiger charge is 2.21. The highest BCUT2D eigenvalue weighted by Crippen LogP contribution is 2.44. The van der Waals surface area contributed by atoms with Crippen LogP contribution in [0.4, 0.5) is 0 Å². The van der Waals surface area contributed by atoms with Crippen LogP contribution in [0.15, 0.2) is 197 Å². The number of benzene rings is 9. The van der Waals surface area contributed by atoms with Gasteiger partial charge in [0.2, 0.25) is 0 Å². The van der Waals surface area contributed by atoms with Gasteiger partial charge in [-0.15, -0.1) is 11.3 Å². The van der Waals surface area contributed by atoms with Crippen molar-refractivity contribution in [3.63, 3.8) is 0 Å². The Labute approximate surface area is 352 Å². The molecule has 0 aliphatic rings. The van der Waals surface area contributed by atoms with Gasteiger partial charge in [0, 0.05) is 64.0 Å². The average molecular weight is 798 g/mol. The Kier molecular flexibility index (Phi) is 7.41. The number of para-hydroxylation sites is 2. The van der Waals surface area contributed by atoms with E-state index >= 15 is 0 Å². The molecular weight excluding hydrogens is 767 g/mol. The van der Waals surface area contributed by atoms with Crippen LogP contribution in [0.3, 0.4) is 0 Å². The fraction of sp³-hybridized carbons (Fsp3) is 0. The number of fused-ring (bicyclic) bond motifs is 10. The summed E-state index contributed by atoms with van der Waals surface area (Å²) in [5.41, 5.74) is 10.3. The molecule has 0 aliphatic carbocycles. The molecule has 13 rings (SSSR count). The van der Waals surface area contributed by atoms with E-state index in [2.05, 4.69) is 158 Å². The molecule has 0 bridgehead atoms. The topological polar surface area (TPSA) is 65.0 Å². The molecule has 61 heavy (non-hydrogen) atoms. The molecule has 0 unspecified atom stereocenters. The summed E-state index contributed by atoms with van der Waals surface area (Å²) in [6.07, 6.45) is 0. The highest BCUT2D eigenvalue weighted by molar-refractivity contribution is 7.25. The first-order valence-electron chi connectivity index (χ1n) is 20.3. The van der Waals surface area contributed by atoms with Crippen molar-refractivity contribution in [3.05, 3.63) is 188 Å². The predicted molar refractivity (Wildman–Crippen MR) is 252 cm³/mol. The van der Waals surface area contributed by atoms with Crippen molar-refractivity contribution in [2.24, 2.45) is 0 Å². The smallest absolute Gasteiger partial charge is 0.164 e. The lowest BCUT2D eigenvalue weighted by molar-refractivity contribution is 0.669. The normalized spacial score (nSPS) is 11.9. The summed E-state index contributed by atoms with van der Waals surface area (Å²) < 4.78 is 15.6. The molecule has 13 aromatic rings. The van der Waals surface area contributed by atoms with E-state index in [9.17, 15) is 0 Å². The SMILES string of the molecule is c1ccc(-c2cccc3oc4c(-c5ccc6c(c5)sc5ccccc56)cccc4c23)c(-c2nc(-c3ccc4ccccc4c3)nc(-c3ccc4oc5ccccc5c4c3)n2)c1. The Balaban J connectivity index is 0.999. The minimum Gasteiger partial charge on any atom is -0.456 e. The number of hydrogen-bond acceptors (Lipinski definition) is 6. The van der Waals surface area contributed by atoms with Gasteiger partial charge < -0.3 is 8.83 Å². The number of thiophene rings is 1. The Hall–Kier alpha value is -7.93. The van der Waals surface area contributed by atoms with Gasteiger partial charge >= 0.3 is 0 Å². The van der Waals surface area contributed by atoms with Crippen molar-refractivity contribution >= 4 is 86.2 Å². The number of nitrogens with zero attached hydrogens (tertiary/aromatic N) is 3. The van der Waals surface area contributed by atoms with Crippen molar-refractivity contribution in [2.75, 3.05) is 0 Å². The van der Waals surface area contributed by atoms with Gasteiger partial charge in [0.1, 0.15) is 22.3 Å². The minimum absolute atomic E-state index is 0.586. The zero-order chi connectivity index (χ0) is 40.0. The lowest BCUT2D eigenvalue weighted by Crippen LogP contribution is -2.01. The molecule has 4 aromatic heterocycles. The van der Waals surface area contributed by atoms with Gasteiger partial charge in [0.05, 0.1) is 0 Å². The molecule has 0 saturated heterocycles. The zero-order valence-corrected chi connectivity index (χ0v) is 33.3. The molecule has 0 amide bonds. The van der Waals surface area contributed by atoms with Crippen LogP contribution >= 0.6 is 11.3 Å². The monoisotopic (exact) mass is 797 g/mol. The summed E-state index contributed by atoms with van der Waals surface area (Å²) in [6, 6.07) is 65.6. The molecule has 0 saturated carbocycles. The second kappa shape index (κ2) is 13.3. The minimum atomic E-state index is 0.586. The number of furan rings is 2. The van der Waals surface area contributed by atoms with Crippen LogP contribution in [0.25, 0.3) is 131 Å². The molecule has 0 radical (unpaired) electrons. The van der Waals surface area contributed by atoms with Gasteiger partial charge in [-0.1, -0.05) is 140 Å². The molecule has 284 valence electrons. The van der Waals surface area contributed by atoms with Crippen molar-refractivity contribution in [1.29, 1.82) is 0 Å². The third-order valence-corrected chi connectivity index (χ3v) is 13.1. The van der Waals surface area contributed by atoms with E-state index in [0.717, 1.165) is 93.6 Å². The summed E-state index contributed by atoms with van der Waals surface area (Å²) >= 11 is 1.83. The Morgan fingerprint density at radius 1 is 0.328 bits per heavy atom. The van der Waals surface area contributed by atoms with Gasteiger partial charge in [0.25, 0.3) is 0 Å². The van der Waals surface area contributed by atoms with Crippen LogP contribution in [0.5, 0.6) is 0 Å². The summed E-state index contributed by atoms with van der Waals surface area (Å²) in [6.45, 7) is 0. The van der Waals surface area contributed by atoms with Crippen molar-refractivity contribution in [1.82, 2.24) is 15.0 Å². The van der Waals surface area contributed by atoms with Crippen LogP contribution in [0, 0.1) is 0 Å². The largest absolute Gasteiger partial charge is 0.456 e. The second-order valence-corrected chi connectivity index (χ2v) is 16.6. The molecule has 4 heterocycles. The van der Waals surface area contributed by atoms with Gasteiger partial charge in [-0.3, -0.25) is 0 Å². The van der Waals surface area contributed by atoms with Gasteiger partial charge in [-0.25, -0.2) is 15.0 Å². The molecule has 0 atom stereocenters. The molecule has 0 N–H and O–H groups in total. The molecule has 9 aromatic carbocycles. The Morgan fingerprint density at radius 2 is 0.951 bits per heavy atom. The van der Waals surface area contributed by atoms with E-state index in [0.29, 0.717) is 17.5 Å². The highest BCUT2D eigenvalue weighted by atomic mass is 32.1. The van der Waals surface area contributed by atoms with E-state index in [1.54, 1.807) is 0 Å². The quantitative estimate of drug-likeness (QED) is 0.174. The van der Waals surface area contributed by atoms with Crippen LogP contribution in [0.1, 0.15) is 0 Å². The predicted octanol–water partition coefficient (Wildman–Crippen LogP) is 15.5. The number of aromatic nitrogens is 3. The maximum atomic E-state index is 6.82. The standard InChI is InChI=1S/C55H31N3O2S/c1-2-12-33-29-35(24-23-32(33)11-1)53-56-54(36-26-28-47-45(30-36)39-14-5-7-20-46(39)59-47)58-55(57-53)43-16-4-3-13-38(43)42-18-10-21-48-51(42)44-19-9-17-37(52(44)60-48)34-25-27-41-40-15-6-8-22-49(40)61-50(41)31-34/h1-31H. The van der Waals surface area contributed by atoms with Gasteiger partial charge in [-0.05, 0) is 76.0 Å². The fourth-order valence-corrected chi connectivity index (χ4v) is 10.2. The van der Waals surface area contributed by atoms with E-state index in [1.807, 2.05) is 41.7 Å². The maximum Gasteiger partial charge on any atom is 0.164 e. The molecule has 0 spiro atoms. The number of hydrogen-bond donors (Lipinski definition) is 0. The third kappa shape index (κ3) is 5.43. The van der Waals surface area contributed by atoms with E-state index < -0.39 is 0 Å². The van der Waals surface area contributed by atoms with Gasteiger partial charge in [-0.2, -0.15) is 0 Å². The summed E-state index contributed by atoms with van der Waals surface area (Å²) in [5.74, 6) is 1.77. The van der Waals surface area contributed by atoms with E-state index in [-0.39, 0.29) is 0 Å². The van der Waals surface area contributed by atoms with Crippen molar-refractivity contribution in [2.45, 2.75) is 0 Å². The molecule has 6 heteroatoms. The van der Waals surface area contributed by atoms with Crippen molar-refractivity contribution < 1.29 is 8.83 Å². The summed E-state index contributed by atoms with van der Waals surface area (Å²) in [5, 5.41) is 9.04. The number of rotatable bonds is 5. The lowest BCUT2D eigenvalue weighted by Gasteiger charge is -2.13. The fourth-order valence-electron chi connectivity index (χ4n) is 9.05. The first-order chi connectivity index (χ1) is 30.2. The van der Waals surface area contributed by atoms with Crippen molar-refractivity contribution in [3.8, 4) is 56.4 Å². The molecular formula is C55H31N3O2S. The molecule has 5 nitrogen and oxygen atoms in total. The lowest BCUT2D eigenvalue weighted by atomic mass is 9.94. The first-order valence-corrected chi connectivity index (χ1v) is 21.1. The average Bonchev–Trinajstić information content (AvgIpc) is 4.02.